The van der Waals surface area contributed by atoms with Crippen molar-refractivity contribution >= 4 is 48.4 Å². The number of amides is 1. The summed E-state index contributed by atoms with van der Waals surface area (Å²) in [6.45, 7) is 1.08. The number of nitrogens with one attached hydrogen (secondary N) is 1. The molecule has 2 heterocycles. The van der Waals surface area contributed by atoms with Crippen LogP contribution >= 0.6 is 11.3 Å². The first-order chi connectivity index (χ1) is 16.9. The molecular weight excluding hydrogens is 482 g/mol. The van der Waals surface area contributed by atoms with Crippen LogP contribution in [0.3, 0.4) is 0 Å². The molecule has 3 aromatic carbocycles. The molecule has 1 N–H and O–H groups in total. The zero-order valence-corrected chi connectivity index (χ0v) is 20.4. The van der Waals surface area contributed by atoms with Crippen molar-refractivity contribution in [3.8, 4) is 0 Å². The number of carbonyl (C=O) groups is 2. The van der Waals surface area contributed by atoms with Gasteiger partial charge in [-0.15, -0.1) is 0 Å². The molecule has 1 amide bonds. The smallest absolute Gasteiger partial charge is 0.257 e. The van der Waals surface area contributed by atoms with Gasteiger partial charge in [0.25, 0.3) is 5.91 Å². The van der Waals surface area contributed by atoms with Crippen molar-refractivity contribution in [1.82, 2.24) is 9.29 Å². The number of aromatic nitrogens is 1. The molecule has 4 aromatic rings. The van der Waals surface area contributed by atoms with Crippen molar-refractivity contribution in [3.63, 3.8) is 0 Å². The molecule has 0 atom stereocenters. The standard InChI is InChI=1S/C26H23N3O4S2/c30-24(18-7-3-1-4-8-18)19-9-11-20(12-10-19)25(31)28-26-27-22-14-13-21(17-23(22)34-26)35(32,33)29-15-5-2-6-16-29/h1,3-4,7-14,17H,2,5-6,15-16H2,(H,27,28,31). The predicted molar refractivity (Wildman–Crippen MR) is 136 cm³/mol. The monoisotopic (exact) mass is 505 g/mol. The Hall–Kier alpha value is -3.40. The molecule has 1 aliphatic rings. The Kier molecular flexibility index (Phi) is 6.46. The molecule has 1 aliphatic heterocycles. The Balaban J connectivity index is 1.31. The van der Waals surface area contributed by atoms with E-state index in [9.17, 15) is 18.0 Å². The Morgan fingerprint density at radius 3 is 2.20 bits per heavy atom. The summed E-state index contributed by atoms with van der Waals surface area (Å²) in [7, 11) is -3.54. The van der Waals surface area contributed by atoms with Crippen LogP contribution in [-0.2, 0) is 10.0 Å². The highest BCUT2D eigenvalue weighted by atomic mass is 32.2. The summed E-state index contributed by atoms with van der Waals surface area (Å²) in [6, 6.07) is 20.3. The molecule has 1 saturated heterocycles. The van der Waals surface area contributed by atoms with Gasteiger partial charge in [-0.05, 0) is 43.2 Å². The van der Waals surface area contributed by atoms with Gasteiger partial charge < -0.3 is 0 Å². The molecule has 1 aromatic heterocycles. The fourth-order valence-corrected chi connectivity index (χ4v) is 6.59. The van der Waals surface area contributed by atoms with E-state index in [1.807, 2.05) is 6.07 Å². The number of rotatable bonds is 6. The summed E-state index contributed by atoms with van der Waals surface area (Å²) in [5, 5.41) is 3.15. The van der Waals surface area contributed by atoms with Crippen LogP contribution in [0.5, 0.6) is 0 Å². The number of carbonyl (C=O) groups excluding carboxylic acids is 2. The van der Waals surface area contributed by atoms with E-state index in [0.717, 1.165) is 19.3 Å². The summed E-state index contributed by atoms with van der Waals surface area (Å²) >= 11 is 1.22. The van der Waals surface area contributed by atoms with Gasteiger partial charge in [0.2, 0.25) is 10.0 Å². The Labute approximate surface area is 207 Å². The highest BCUT2D eigenvalue weighted by Crippen LogP contribution is 2.30. The summed E-state index contributed by atoms with van der Waals surface area (Å²) < 4.78 is 28.2. The second-order valence-electron chi connectivity index (χ2n) is 8.34. The van der Waals surface area contributed by atoms with Crippen LogP contribution in [0.25, 0.3) is 10.2 Å². The molecule has 0 saturated carbocycles. The number of nitrogens with zero attached hydrogens (tertiary/aromatic N) is 2. The second-order valence-corrected chi connectivity index (χ2v) is 11.3. The van der Waals surface area contributed by atoms with Crippen molar-refractivity contribution in [2.75, 3.05) is 18.4 Å². The summed E-state index contributed by atoms with van der Waals surface area (Å²) in [5.41, 5.74) is 2.09. The van der Waals surface area contributed by atoms with Crippen LogP contribution < -0.4 is 5.32 Å². The number of hydrogen-bond acceptors (Lipinski definition) is 6. The highest BCUT2D eigenvalue weighted by molar-refractivity contribution is 7.89. The van der Waals surface area contributed by atoms with E-state index < -0.39 is 10.0 Å². The summed E-state index contributed by atoms with van der Waals surface area (Å²) in [6.07, 6.45) is 2.80. The average molecular weight is 506 g/mol. The lowest BCUT2D eigenvalue weighted by molar-refractivity contribution is 0.102. The summed E-state index contributed by atoms with van der Waals surface area (Å²) in [4.78, 5) is 30.0. The van der Waals surface area contributed by atoms with Crippen molar-refractivity contribution < 1.29 is 18.0 Å². The number of ketones is 1. The van der Waals surface area contributed by atoms with Crippen molar-refractivity contribution in [2.24, 2.45) is 0 Å². The third-order valence-electron chi connectivity index (χ3n) is 5.98. The number of sulfonamides is 1. The van der Waals surface area contributed by atoms with E-state index in [1.54, 1.807) is 66.7 Å². The lowest BCUT2D eigenvalue weighted by atomic mass is 10.0. The fourth-order valence-electron chi connectivity index (χ4n) is 4.07. The molecule has 7 nitrogen and oxygen atoms in total. The highest BCUT2D eigenvalue weighted by Gasteiger charge is 2.26. The van der Waals surface area contributed by atoms with Crippen molar-refractivity contribution in [2.45, 2.75) is 24.2 Å². The van der Waals surface area contributed by atoms with Gasteiger partial charge >= 0.3 is 0 Å². The van der Waals surface area contributed by atoms with Crippen LogP contribution in [-0.4, -0.2) is 42.5 Å². The van der Waals surface area contributed by atoms with Crippen molar-refractivity contribution in [1.29, 1.82) is 0 Å². The van der Waals surface area contributed by atoms with E-state index in [-0.39, 0.29) is 16.6 Å². The van der Waals surface area contributed by atoms with Crippen LogP contribution in [0.15, 0.2) is 77.7 Å². The number of fused-ring (bicyclic) bond motifs is 1. The first kappa shape index (κ1) is 23.3. The number of piperidine rings is 1. The van der Waals surface area contributed by atoms with E-state index in [0.29, 0.717) is 45.1 Å². The lowest BCUT2D eigenvalue weighted by Gasteiger charge is -2.25. The van der Waals surface area contributed by atoms with Gasteiger partial charge in [0.1, 0.15) is 0 Å². The molecule has 35 heavy (non-hydrogen) atoms. The van der Waals surface area contributed by atoms with Gasteiger partial charge in [-0.25, -0.2) is 13.4 Å². The minimum atomic E-state index is -3.54. The number of benzene rings is 3. The van der Waals surface area contributed by atoms with Crippen LogP contribution in [0.2, 0.25) is 0 Å². The fraction of sp³-hybridized carbons (Fsp3) is 0.192. The largest absolute Gasteiger partial charge is 0.298 e. The van der Waals surface area contributed by atoms with Crippen LogP contribution in [0.4, 0.5) is 5.13 Å². The zero-order chi connectivity index (χ0) is 24.4. The van der Waals surface area contributed by atoms with Gasteiger partial charge in [-0.3, -0.25) is 14.9 Å². The minimum Gasteiger partial charge on any atom is -0.298 e. The molecule has 5 rings (SSSR count). The minimum absolute atomic E-state index is 0.112. The maximum atomic E-state index is 13.0. The average Bonchev–Trinajstić information content (AvgIpc) is 3.31. The van der Waals surface area contributed by atoms with Crippen molar-refractivity contribution in [3.05, 3.63) is 89.5 Å². The molecule has 0 bridgehead atoms. The Morgan fingerprint density at radius 2 is 1.49 bits per heavy atom. The lowest BCUT2D eigenvalue weighted by Crippen LogP contribution is -2.35. The van der Waals surface area contributed by atoms with Gasteiger partial charge in [-0.1, -0.05) is 60.2 Å². The Morgan fingerprint density at radius 1 is 0.829 bits per heavy atom. The van der Waals surface area contributed by atoms with E-state index in [2.05, 4.69) is 10.3 Å². The third kappa shape index (κ3) is 4.88. The van der Waals surface area contributed by atoms with Gasteiger partial charge in [0, 0.05) is 29.8 Å². The quantitative estimate of drug-likeness (QED) is 0.374. The maximum absolute atomic E-state index is 13.0. The van der Waals surface area contributed by atoms with E-state index in [4.69, 9.17) is 0 Å². The number of thiazole rings is 1. The molecular formula is C26H23N3O4S2. The molecule has 0 spiro atoms. The van der Waals surface area contributed by atoms with E-state index in [1.165, 1.54) is 15.6 Å². The third-order valence-corrected chi connectivity index (χ3v) is 8.81. The normalized spacial score (nSPS) is 14.6. The topological polar surface area (TPSA) is 96.4 Å². The summed E-state index contributed by atoms with van der Waals surface area (Å²) in [5.74, 6) is -0.469. The van der Waals surface area contributed by atoms with Gasteiger partial charge in [-0.2, -0.15) is 4.31 Å². The second kappa shape index (κ2) is 9.69. The zero-order valence-electron chi connectivity index (χ0n) is 18.8. The first-order valence-corrected chi connectivity index (χ1v) is 13.6. The molecule has 9 heteroatoms. The van der Waals surface area contributed by atoms with E-state index >= 15 is 0 Å². The Bertz CT molecular complexity index is 1490. The number of anilines is 1. The molecule has 0 unspecified atom stereocenters. The molecule has 0 radical (unpaired) electrons. The number of hydrogen-bond donors (Lipinski definition) is 1. The predicted octanol–water partition coefficient (Wildman–Crippen LogP) is 4.95. The van der Waals surface area contributed by atoms with Crippen LogP contribution in [0, 0.1) is 0 Å². The molecule has 178 valence electrons. The SMILES string of the molecule is O=C(Nc1nc2ccc(S(=O)(=O)N3CCCCC3)cc2s1)c1ccc(C(=O)c2ccccc2)cc1. The molecule has 0 aliphatic carbocycles. The molecule has 1 fully saturated rings. The maximum Gasteiger partial charge on any atom is 0.257 e. The van der Waals surface area contributed by atoms with Gasteiger partial charge in [0.05, 0.1) is 15.1 Å². The van der Waals surface area contributed by atoms with Gasteiger partial charge in [0.15, 0.2) is 10.9 Å². The first-order valence-electron chi connectivity index (χ1n) is 11.3. The van der Waals surface area contributed by atoms with Crippen LogP contribution in [0.1, 0.15) is 45.5 Å².